The lowest BCUT2D eigenvalue weighted by Gasteiger charge is -2.26. The molecule has 1 saturated heterocycles. The Morgan fingerprint density at radius 2 is 1.88 bits per heavy atom. The SMILES string of the molecule is CCOc1ccc(/C(O)=C2\C(=O)C(=O)N(c3cccc(Cl)c3C)C2c2cccnc2)cc1. The van der Waals surface area contributed by atoms with E-state index in [1.165, 1.54) is 4.90 Å². The van der Waals surface area contributed by atoms with E-state index < -0.39 is 17.7 Å². The Morgan fingerprint density at radius 1 is 1.12 bits per heavy atom. The third-order valence-electron chi connectivity index (χ3n) is 5.38. The second kappa shape index (κ2) is 8.85. The molecule has 1 N–H and O–H groups in total. The number of aliphatic hydroxyl groups is 1. The van der Waals surface area contributed by atoms with Crippen LogP contribution in [0.25, 0.3) is 5.76 Å². The molecule has 0 saturated carbocycles. The predicted octanol–water partition coefficient (Wildman–Crippen LogP) is 5.07. The standard InChI is InChI=1S/C25H21ClN2O4/c1-3-32-18-11-9-16(10-12-18)23(29)21-22(17-6-5-13-27-14-17)28(25(31)24(21)30)20-8-4-7-19(26)15(20)2/h4-14,22,29H,3H2,1-2H3/b23-21+. The number of amides is 1. The first kappa shape index (κ1) is 21.6. The lowest BCUT2D eigenvalue weighted by molar-refractivity contribution is -0.132. The molecule has 6 nitrogen and oxygen atoms in total. The van der Waals surface area contributed by atoms with Gasteiger partial charge in [0.05, 0.1) is 18.2 Å². The molecule has 1 unspecified atom stereocenters. The van der Waals surface area contributed by atoms with Crippen molar-refractivity contribution in [2.45, 2.75) is 19.9 Å². The maximum absolute atomic E-state index is 13.2. The summed E-state index contributed by atoms with van der Waals surface area (Å²) in [5, 5.41) is 11.6. The van der Waals surface area contributed by atoms with Gasteiger partial charge in [0.15, 0.2) is 0 Å². The van der Waals surface area contributed by atoms with Gasteiger partial charge >= 0.3 is 0 Å². The zero-order chi connectivity index (χ0) is 22.8. The van der Waals surface area contributed by atoms with E-state index in [1.807, 2.05) is 6.92 Å². The molecule has 0 aliphatic carbocycles. The van der Waals surface area contributed by atoms with Crippen LogP contribution >= 0.6 is 11.6 Å². The quantitative estimate of drug-likeness (QED) is 0.335. The summed E-state index contributed by atoms with van der Waals surface area (Å²) < 4.78 is 5.45. The number of pyridine rings is 1. The molecule has 2 aromatic carbocycles. The van der Waals surface area contributed by atoms with Gasteiger partial charge in [-0.3, -0.25) is 19.5 Å². The van der Waals surface area contributed by atoms with Crippen LogP contribution < -0.4 is 9.64 Å². The Kier molecular flexibility index (Phi) is 5.97. The van der Waals surface area contributed by atoms with Crippen LogP contribution in [0.5, 0.6) is 5.75 Å². The molecular formula is C25H21ClN2O4. The van der Waals surface area contributed by atoms with E-state index in [4.69, 9.17) is 16.3 Å². The summed E-state index contributed by atoms with van der Waals surface area (Å²) in [6, 6.07) is 14.5. The van der Waals surface area contributed by atoms with Crippen molar-refractivity contribution in [3.8, 4) is 5.75 Å². The third kappa shape index (κ3) is 3.74. The number of hydrogen-bond donors (Lipinski definition) is 1. The van der Waals surface area contributed by atoms with Gasteiger partial charge in [-0.05, 0) is 67.4 Å². The lowest BCUT2D eigenvalue weighted by Crippen LogP contribution is -2.30. The smallest absolute Gasteiger partial charge is 0.300 e. The molecule has 1 aliphatic rings. The third-order valence-corrected chi connectivity index (χ3v) is 5.79. The molecule has 4 rings (SSSR count). The minimum absolute atomic E-state index is 0.00784. The summed E-state index contributed by atoms with van der Waals surface area (Å²) in [6.45, 7) is 4.17. The average Bonchev–Trinajstić information content (AvgIpc) is 3.07. The summed E-state index contributed by atoms with van der Waals surface area (Å²) in [5.74, 6) is -1.13. The number of benzene rings is 2. The monoisotopic (exact) mass is 448 g/mol. The van der Waals surface area contributed by atoms with Crippen LogP contribution in [0, 0.1) is 6.92 Å². The Bertz CT molecular complexity index is 1210. The maximum Gasteiger partial charge on any atom is 0.300 e. The van der Waals surface area contributed by atoms with Gasteiger partial charge in [0.2, 0.25) is 0 Å². The van der Waals surface area contributed by atoms with Gasteiger partial charge in [0.25, 0.3) is 11.7 Å². The van der Waals surface area contributed by atoms with Crippen LogP contribution in [0.3, 0.4) is 0 Å². The van der Waals surface area contributed by atoms with E-state index in [2.05, 4.69) is 4.98 Å². The minimum Gasteiger partial charge on any atom is -0.507 e. The molecule has 7 heteroatoms. The number of ether oxygens (including phenoxy) is 1. The van der Waals surface area contributed by atoms with E-state index in [9.17, 15) is 14.7 Å². The Hall–Kier alpha value is -3.64. The molecule has 32 heavy (non-hydrogen) atoms. The van der Waals surface area contributed by atoms with Crippen molar-refractivity contribution in [2.75, 3.05) is 11.5 Å². The fourth-order valence-electron chi connectivity index (χ4n) is 3.82. The molecule has 1 aliphatic heterocycles. The molecule has 0 radical (unpaired) electrons. The molecule has 1 fully saturated rings. The van der Waals surface area contributed by atoms with Crippen molar-refractivity contribution in [1.29, 1.82) is 0 Å². The number of hydrogen-bond acceptors (Lipinski definition) is 5. The van der Waals surface area contributed by atoms with Gasteiger partial charge in [0, 0.05) is 28.7 Å². The first-order chi connectivity index (χ1) is 15.4. The Morgan fingerprint density at radius 3 is 2.53 bits per heavy atom. The zero-order valence-corrected chi connectivity index (χ0v) is 18.3. The van der Waals surface area contributed by atoms with Crippen LogP contribution in [0.15, 0.2) is 72.6 Å². The van der Waals surface area contributed by atoms with E-state index in [0.717, 1.165) is 0 Å². The maximum atomic E-state index is 13.2. The number of carbonyl (C=O) groups excluding carboxylic acids is 2. The van der Waals surface area contributed by atoms with Gasteiger partial charge in [-0.15, -0.1) is 0 Å². The second-order valence-electron chi connectivity index (χ2n) is 7.30. The fourth-order valence-corrected chi connectivity index (χ4v) is 3.99. The van der Waals surface area contributed by atoms with E-state index in [1.54, 1.807) is 73.9 Å². The summed E-state index contributed by atoms with van der Waals surface area (Å²) in [5.41, 5.74) is 2.15. The molecule has 3 aromatic rings. The highest BCUT2D eigenvalue weighted by atomic mass is 35.5. The molecule has 2 heterocycles. The topological polar surface area (TPSA) is 79.7 Å². The highest BCUT2D eigenvalue weighted by molar-refractivity contribution is 6.52. The van der Waals surface area contributed by atoms with Crippen molar-refractivity contribution in [1.82, 2.24) is 4.98 Å². The van der Waals surface area contributed by atoms with Gasteiger partial charge in [-0.25, -0.2) is 0 Å². The van der Waals surface area contributed by atoms with E-state index in [0.29, 0.717) is 39.8 Å². The number of aliphatic hydroxyl groups excluding tert-OH is 1. The minimum atomic E-state index is -0.854. The van der Waals surface area contributed by atoms with E-state index in [-0.39, 0.29) is 11.3 Å². The van der Waals surface area contributed by atoms with Crippen molar-refractivity contribution >= 4 is 34.7 Å². The number of nitrogens with zero attached hydrogens (tertiary/aromatic N) is 2. The summed E-state index contributed by atoms with van der Waals surface area (Å²) in [7, 11) is 0. The van der Waals surface area contributed by atoms with Crippen molar-refractivity contribution in [3.05, 3.63) is 94.3 Å². The summed E-state index contributed by atoms with van der Waals surface area (Å²) >= 11 is 6.30. The molecule has 1 aromatic heterocycles. The van der Waals surface area contributed by atoms with Crippen LogP contribution in [-0.4, -0.2) is 28.4 Å². The first-order valence-corrected chi connectivity index (χ1v) is 10.5. The zero-order valence-electron chi connectivity index (χ0n) is 17.6. The molecule has 0 bridgehead atoms. The Labute approximate surface area is 190 Å². The molecule has 0 spiro atoms. The highest BCUT2D eigenvalue weighted by Gasteiger charge is 2.47. The predicted molar refractivity (Wildman–Crippen MR) is 123 cm³/mol. The number of anilines is 1. The van der Waals surface area contributed by atoms with Crippen LogP contribution in [0.4, 0.5) is 5.69 Å². The largest absolute Gasteiger partial charge is 0.507 e. The normalized spacial score (nSPS) is 17.6. The van der Waals surface area contributed by atoms with E-state index >= 15 is 0 Å². The molecular weight excluding hydrogens is 428 g/mol. The fraction of sp³-hybridized carbons (Fsp3) is 0.160. The number of aromatic nitrogens is 1. The van der Waals surface area contributed by atoms with Gasteiger partial charge in [-0.1, -0.05) is 23.7 Å². The first-order valence-electron chi connectivity index (χ1n) is 10.1. The van der Waals surface area contributed by atoms with Gasteiger partial charge in [-0.2, -0.15) is 0 Å². The molecule has 1 amide bonds. The number of ketones is 1. The lowest BCUT2D eigenvalue weighted by atomic mass is 9.96. The number of halogens is 1. The van der Waals surface area contributed by atoms with Crippen LogP contribution in [0.2, 0.25) is 5.02 Å². The van der Waals surface area contributed by atoms with Crippen molar-refractivity contribution < 1.29 is 19.4 Å². The number of carbonyl (C=O) groups is 2. The summed E-state index contributed by atoms with van der Waals surface area (Å²) in [4.78, 5) is 31.9. The highest BCUT2D eigenvalue weighted by Crippen LogP contribution is 2.43. The van der Waals surface area contributed by atoms with Crippen LogP contribution in [0.1, 0.15) is 29.7 Å². The Balaban J connectivity index is 1.91. The average molecular weight is 449 g/mol. The van der Waals surface area contributed by atoms with Crippen molar-refractivity contribution in [2.24, 2.45) is 0 Å². The number of Topliss-reactive ketones (excluding diaryl/α,β-unsaturated/α-hetero) is 1. The second-order valence-corrected chi connectivity index (χ2v) is 7.70. The van der Waals surface area contributed by atoms with Gasteiger partial charge in [0.1, 0.15) is 11.5 Å². The summed E-state index contributed by atoms with van der Waals surface area (Å²) in [6.07, 6.45) is 3.18. The number of rotatable bonds is 5. The van der Waals surface area contributed by atoms with Crippen molar-refractivity contribution in [3.63, 3.8) is 0 Å². The molecule has 162 valence electrons. The van der Waals surface area contributed by atoms with Crippen LogP contribution in [-0.2, 0) is 9.59 Å². The van der Waals surface area contributed by atoms with Gasteiger partial charge < -0.3 is 9.84 Å². The molecule has 1 atom stereocenters.